The highest BCUT2D eigenvalue weighted by atomic mass is 16.3. The number of hydrogen-bond donors (Lipinski definition) is 2. The van der Waals surface area contributed by atoms with Gasteiger partial charge in [-0.05, 0) is 55.9 Å². The maximum absolute atomic E-state index is 13.0. The summed E-state index contributed by atoms with van der Waals surface area (Å²) in [5.41, 5.74) is 1.16. The van der Waals surface area contributed by atoms with Crippen molar-refractivity contribution in [1.82, 2.24) is 4.90 Å². The molecule has 2 atom stereocenters. The van der Waals surface area contributed by atoms with Crippen molar-refractivity contribution >= 4 is 11.6 Å². The van der Waals surface area contributed by atoms with Crippen molar-refractivity contribution in [2.45, 2.75) is 44.6 Å². The monoisotopic (exact) mass is 358 g/mol. The normalized spacial score (nSPS) is 27.2. The SMILES string of the molecule is O=C(C[NH+]1CCN(c2ccc(O)cc2)CC1)N1CCC[C@H]2CCCC[C@@H]21. The lowest BCUT2D eigenvalue weighted by Crippen LogP contribution is -3.16. The molecule has 142 valence electrons. The van der Waals surface area contributed by atoms with Gasteiger partial charge in [0.2, 0.25) is 0 Å². The predicted octanol–water partition coefficient (Wildman–Crippen LogP) is 1.28. The van der Waals surface area contributed by atoms with E-state index < -0.39 is 0 Å². The zero-order valence-corrected chi connectivity index (χ0v) is 15.7. The number of phenolic OH excluding ortho intramolecular Hbond substituents is 1. The molecule has 1 amide bonds. The molecule has 1 aromatic rings. The third-order valence-electron chi connectivity index (χ3n) is 6.65. The summed E-state index contributed by atoms with van der Waals surface area (Å²) in [7, 11) is 0. The summed E-state index contributed by atoms with van der Waals surface area (Å²) in [4.78, 5) is 19.0. The topological polar surface area (TPSA) is 48.2 Å². The Bertz CT molecular complexity index is 608. The molecule has 26 heavy (non-hydrogen) atoms. The van der Waals surface area contributed by atoms with Crippen molar-refractivity contribution in [2.75, 3.05) is 44.2 Å². The summed E-state index contributed by atoms with van der Waals surface area (Å²) in [6, 6.07) is 7.97. The van der Waals surface area contributed by atoms with Gasteiger partial charge in [0.05, 0.1) is 26.2 Å². The van der Waals surface area contributed by atoms with E-state index in [0.717, 1.165) is 44.3 Å². The Morgan fingerprint density at radius 2 is 1.69 bits per heavy atom. The molecule has 0 unspecified atom stereocenters. The van der Waals surface area contributed by atoms with E-state index >= 15 is 0 Å². The molecule has 2 heterocycles. The van der Waals surface area contributed by atoms with E-state index in [1.54, 1.807) is 12.1 Å². The molecule has 0 bridgehead atoms. The number of fused-ring (bicyclic) bond motifs is 1. The molecule has 1 aliphatic carbocycles. The molecule has 0 spiro atoms. The van der Waals surface area contributed by atoms with Crippen molar-refractivity contribution in [1.29, 1.82) is 0 Å². The summed E-state index contributed by atoms with van der Waals surface area (Å²) in [6.07, 6.45) is 7.72. The molecule has 1 aromatic carbocycles. The lowest BCUT2D eigenvalue weighted by Gasteiger charge is -2.44. The number of hydrogen-bond acceptors (Lipinski definition) is 3. The molecule has 2 saturated heterocycles. The van der Waals surface area contributed by atoms with Crippen LogP contribution >= 0.6 is 0 Å². The van der Waals surface area contributed by atoms with E-state index in [1.807, 2.05) is 12.1 Å². The molecule has 3 aliphatic rings. The Balaban J connectivity index is 1.29. The van der Waals surface area contributed by atoms with Crippen LogP contribution in [0.15, 0.2) is 24.3 Å². The number of carbonyl (C=O) groups excluding carboxylic acids is 1. The van der Waals surface area contributed by atoms with Gasteiger partial charge in [0.25, 0.3) is 5.91 Å². The van der Waals surface area contributed by atoms with Gasteiger partial charge in [-0.15, -0.1) is 0 Å². The second-order valence-electron chi connectivity index (χ2n) is 8.27. The van der Waals surface area contributed by atoms with Crippen molar-refractivity contribution in [3.8, 4) is 5.75 Å². The average molecular weight is 359 g/mol. The summed E-state index contributed by atoms with van der Waals surface area (Å²) in [5, 5.41) is 9.44. The van der Waals surface area contributed by atoms with Gasteiger partial charge < -0.3 is 19.8 Å². The Morgan fingerprint density at radius 3 is 2.46 bits per heavy atom. The van der Waals surface area contributed by atoms with Crippen LogP contribution in [0, 0.1) is 5.92 Å². The van der Waals surface area contributed by atoms with Crippen molar-refractivity contribution < 1.29 is 14.8 Å². The first-order valence-electron chi connectivity index (χ1n) is 10.4. The molecule has 2 N–H and O–H groups in total. The number of nitrogens with one attached hydrogen (secondary N) is 1. The van der Waals surface area contributed by atoms with Gasteiger partial charge in [-0.25, -0.2) is 0 Å². The number of benzene rings is 1. The fraction of sp³-hybridized carbons (Fsp3) is 0.667. The van der Waals surface area contributed by atoms with Crippen LogP contribution in [-0.2, 0) is 4.79 Å². The number of phenols is 1. The number of nitrogens with zero attached hydrogens (tertiary/aromatic N) is 2. The summed E-state index contributed by atoms with van der Waals surface area (Å²) < 4.78 is 0. The molecule has 3 fully saturated rings. The number of piperidine rings is 1. The maximum Gasteiger partial charge on any atom is 0.278 e. The molecule has 2 aliphatic heterocycles. The van der Waals surface area contributed by atoms with Gasteiger partial charge in [-0.1, -0.05) is 12.8 Å². The van der Waals surface area contributed by atoms with Crippen LogP contribution in [-0.4, -0.2) is 61.2 Å². The molecule has 0 radical (unpaired) electrons. The van der Waals surface area contributed by atoms with Gasteiger partial charge in [0, 0.05) is 18.3 Å². The first kappa shape index (κ1) is 17.7. The number of rotatable bonds is 3. The zero-order chi connectivity index (χ0) is 17.9. The zero-order valence-electron chi connectivity index (χ0n) is 15.7. The number of anilines is 1. The Hall–Kier alpha value is -1.75. The maximum atomic E-state index is 13.0. The fourth-order valence-corrected chi connectivity index (χ4v) is 5.17. The third-order valence-corrected chi connectivity index (χ3v) is 6.65. The largest absolute Gasteiger partial charge is 0.508 e. The summed E-state index contributed by atoms with van der Waals surface area (Å²) >= 11 is 0. The van der Waals surface area contributed by atoms with Gasteiger partial charge in [0.15, 0.2) is 6.54 Å². The van der Waals surface area contributed by atoms with E-state index in [1.165, 1.54) is 43.4 Å². The third kappa shape index (κ3) is 3.83. The van der Waals surface area contributed by atoms with Crippen LogP contribution in [0.2, 0.25) is 0 Å². The van der Waals surface area contributed by atoms with Crippen molar-refractivity contribution in [3.05, 3.63) is 24.3 Å². The number of piperazine rings is 1. The standard InChI is InChI=1S/C21H31N3O2/c25-19-9-7-18(8-10-19)23-14-12-22(13-15-23)16-21(26)24-11-3-5-17-4-1-2-6-20(17)24/h7-10,17,20,25H,1-6,11-16H2/p+1/t17-,20+/m1/s1. The number of aromatic hydroxyl groups is 1. The molecule has 5 nitrogen and oxygen atoms in total. The van der Waals surface area contributed by atoms with Crippen LogP contribution in [0.3, 0.4) is 0 Å². The quantitative estimate of drug-likeness (QED) is 0.856. The Morgan fingerprint density at radius 1 is 1.00 bits per heavy atom. The van der Waals surface area contributed by atoms with E-state index in [2.05, 4.69) is 9.80 Å². The first-order chi connectivity index (χ1) is 12.7. The van der Waals surface area contributed by atoms with Crippen molar-refractivity contribution in [2.24, 2.45) is 5.92 Å². The number of carbonyl (C=O) groups is 1. The van der Waals surface area contributed by atoms with Crippen LogP contribution in [0.5, 0.6) is 5.75 Å². The number of likely N-dealkylation sites (tertiary alicyclic amines) is 1. The molecular weight excluding hydrogens is 326 g/mol. The second-order valence-corrected chi connectivity index (χ2v) is 8.27. The Labute approximate surface area is 156 Å². The van der Waals surface area contributed by atoms with Crippen LogP contribution in [0.25, 0.3) is 0 Å². The molecule has 0 aromatic heterocycles. The number of quaternary nitrogens is 1. The molecule has 1 saturated carbocycles. The number of amides is 1. The van der Waals surface area contributed by atoms with Crippen molar-refractivity contribution in [3.63, 3.8) is 0 Å². The highest BCUT2D eigenvalue weighted by Gasteiger charge is 2.37. The Kier molecular flexibility index (Phi) is 5.34. The first-order valence-corrected chi connectivity index (χ1v) is 10.4. The van der Waals surface area contributed by atoms with E-state index in [0.29, 0.717) is 24.2 Å². The fourth-order valence-electron chi connectivity index (χ4n) is 5.17. The minimum Gasteiger partial charge on any atom is -0.508 e. The lowest BCUT2D eigenvalue weighted by atomic mass is 9.78. The lowest BCUT2D eigenvalue weighted by molar-refractivity contribution is -0.892. The van der Waals surface area contributed by atoms with Gasteiger partial charge in [-0.2, -0.15) is 0 Å². The summed E-state index contributed by atoms with van der Waals surface area (Å²) in [5.74, 6) is 1.46. The smallest absolute Gasteiger partial charge is 0.278 e. The van der Waals surface area contributed by atoms with E-state index in [4.69, 9.17) is 0 Å². The van der Waals surface area contributed by atoms with Gasteiger partial charge in [-0.3, -0.25) is 4.79 Å². The van der Waals surface area contributed by atoms with E-state index in [-0.39, 0.29) is 0 Å². The van der Waals surface area contributed by atoms with E-state index in [9.17, 15) is 9.90 Å². The second kappa shape index (κ2) is 7.87. The van der Waals surface area contributed by atoms with Gasteiger partial charge >= 0.3 is 0 Å². The van der Waals surface area contributed by atoms with Crippen LogP contribution in [0.4, 0.5) is 5.69 Å². The molecular formula is C21H32N3O2+. The molecule has 5 heteroatoms. The molecule has 4 rings (SSSR count). The van der Waals surface area contributed by atoms with Gasteiger partial charge in [0.1, 0.15) is 5.75 Å². The highest BCUT2D eigenvalue weighted by molar-refractivity contribution is 5.77. The highest BCUT2D eigenvalue weighted by Crippen LogP contribution is 2.35. The van der Waals surface area contributed by atoms with Crippen LogP contribution in [0.1, 0.15) is 38.5 Å². The predicted molar refractivity (Wildman–Crippen MR) is 103 cm³/mol. The minimum absolute atomic E-state index is 0.311. The van der Waals surface area contributed by atoms with Crippen LogP contribution < -0.4 is 9.80 Å². The average Bonchev–Trinajstić information content (AvgIpc) is 2.69. The summed E-state index contributed by atoms with van der Waals surface area (Å²) in [6.45, 7) is 5.60. The minimum atomic E-state index is 0.311.